The Morgan fingerprint density at radius 1 is 0.299 bits per heavy atom. The van der Waals surface area contributed by atoms with Crippen molar-refractivity contribution in [1.29, 1.82) is 0 Å². The van der Waals surface area contributed by atoms with Crippen molar-refractivity contribution in [2.24, 2.45) is 0 Å². The number of hydrogen-bond donors (Lipinski definition) is 0. The van der Waals surface area contributed by atoms with Crippen LogP contribution in [0.2, 0.25) is 0 Å². The minimum absolute atomic E-state index is 0.516. The standard InChI is InChI=1S/C61H34N4O2/c1-2-14-37-32-39(25-24-35(37)12-1)59-62-60(40-27-29-46-45-18-9-10-23-51(45)66-53(46)34-40)64-61(63-59)65-57-42(38-26-30-49-54(33-38)67-52-31-28-36-13-3-4-15-41(36)55(49)52)21-11-22-50(57)56-47-19-7-5-16-43(47)44-17-6-8-20-48(44)58(56)65/h1-34H. The SMILES string of the molecule is c1ccc2cc(-c3nc(-c4ccc5c(c4)oc4ccccc45)nc(-n4c5c(-c6ccc7c(c6)oc6ccc8ccccc8c67)cccc5c5c6ccccc6c6ccccc6c54)n3)ccc2c1. The molecule has 0 atom stereocenters. The zero-order valence-corrected chi connectivity index (χ0v) is 35.7. The van der Waals surface area contributed by atoms with E-state index in [-0.39, 0.29) is 0 Å². The lowest BCUT2D eigenvalue weighted by molar-refractivity contribution is 0.668. The van der Waals surface area contributed by atoms with Crippen molar-refractivity contribution >= 4 is 109 Å². The molecule has 0 amide bonds. The van der Waals surface area contributed by atoms with Crippen molar-refractivity contribution in [1.82, 2.24) is 19.5 Å². The third-order valence-electron chi connectivity index (χ3n) is 13.8. The summed E-state index contributed by atoms with van der Waals surface area (Å²) in [6.45, 7) is 0. The molecule has 0 aliphatic heterocycles. The lowest BCUT2D eigenvalue weighted by Gasteiger charge is -2.14. The molecule has 0 N–H and O–H groups in total. The zero-order chi connectivity index (χ0) is 43.7. The summed E-state index contributed by atoms with van der Waals surface area (Å²) in [7, 11) is 0. The van der Waals surface area contributed by atoms with Crippen LogP contribution in [-0.4, -0.2) is 19.5 Å². The summed E-state index contributed by atoms with van der Waals surface area (Å²) in [5, 5.41) is 15.8. The van der Waals surface area contributed by atoms with Crippen molar-refractivity contribution in [3.05, 3.63) is 206 Å². The van der Waals surface area contributed by atoms with E-state index in [0.717, 1.165) is 115 Å². The van der Waals surface area contributed by atoms with Gasteiger partial charge in [-0.25, -0.2) is 4.98 Å². The molecule has 0 radical (unpaired) electrons. The molecule has 11 aromatic carbocycles. The lowest BCUT2D eigenvalue weighted by Crippen LogP contribution is -2.07. The van der Waals surface area contributed by atoms with Gasteiger partial charge in [0.25, 0.3) is 0 Å². The molecule has 0 bridgehead atoms. The second-order valence-corrected chi connectivity index (χ2v) is 17.5. The van der Waals surface area contributed by atoms with Gasteiger partial charge in [-0.2, -0.15) is 9.97 Å². The van der Waals surface area contributed by atoms with Crippen LogP contribution < -0.4 is 0 Å². The second-order valence-electron chi connectivity index (χ2n) is 17.5. The molecule has 67 heavy (non-hydrogen) atoms. The minimum Gasteiger partial charge on any atom is -0.456 e. The number of rotatable bonds is 4. The number of aromatic nitrogens is 4. The molecule has 6 heteroatoms. The van der Waals surface area contributed by atoms with Gasteiger partial charge in [-0.3, -0.25) is 4.57 Å². The van der Waals surface area contributed by atoms with E-state index in [2.05, 4.69) is 193 Å². The van der Waals surface area contributed by atoms with Crippen LogP contribution in [0.3, 0.4) is 0 Å². The highest BCUT2D eigenvalue weighted by atomic mass is 16.3. The maximum Gasteiger partial charge on any atom is 0.238 e. The Hall–Kier alpha value is -9.13. The average Bonchev–Trinajstić information content (AvgIpc) is 4.08. The van der Waals surface area contributed by atoms with Crippen LogP contribution in [-0.2, 0) is 0 Å². The van der Waals surface area contributed by atoms with Crippen molar-refractivity contribution in [2.75, 3.05) is 0 Å². The Balaban J connectivity index is 1.07. The maximum absolute atomic E-state index is 6.69. The van der Waals surface area contributed by atoms with Crippen molar-refractivity contribution in [3.63, 3.8) is 0 Å². The van der Waals surface area contributed by atoms with Crippen LogP contribution in [0.15, 0.2) is 215 Å². The number of furan rings is 2. The van der Waals surface area contributed by atoms with E-state index in [4.69, 9.17) is 23.8 Å². The number of benzene rings is 11. The third kappa shape index (κ3) is 5.29. The molecule has 0 aliphatic carbocycles. The largest absolute Gasteiger partial charge is 0.456 e. The first-order valence-corrected chi connectivity index (χ1v) is 22.6. The molecule has 4 heterocycles. The van der Waals surface area contributed by atoms with Crippen molar-refractivity contribution in [2.45, 2.75) is 0 Å². The fourth-order valence-corrected chi connectivity index (χ4v) is 10.8. The number of nitrogens with zero attached hydrogens (tertiary/aromatic N) is 4. The average molecular weight is 855 g/mol. The Kier molecular flexibility index (Phi) is 7.40. The molecule has 0 saturated carbocycles. The predicted octanol–water partition coefficient (Wildman–Crippen LogP) is 16.4. The number of fused-ring (bicyclic) bond motifs is 17. The second kappa shape index (κ2) is 13.7. The summed E-state index contributed by atoms with van der Waals surface area (Å²) in [5.74, 6) is 1.63. The lowest BCUT2D eigenvalue weighted by atomic mass is 9.95. The van der Waals surface area contributed by atoms with Gasteiger partial charge in [-0.05, 0) is 85.7 Å². The Morgan fingerprint density at radius 3 is 1.72 bits per heavy atom. The highest BCUT2D eigenvalue weighted by molar-refractivity contribution is 6.33. The summed E-state index contributed by atoms with van der Waals surface area (Å²) >= 11 is 0. The first-order chi connectivity index (χ1) is 33.2. The van der Waals surface area contributed by atoms with E-state index in [1.807, 2.05) is 18.2 Å². The first-order valence-electron chi connectivity index (χ1n) is 22.6. The third-order valence-corrected chi connectivity index (χ3v) is 13.8. The van der Waals surface area contributed by atoms with Gasteiger partial charge in [-0.1, -0.05) is 164 Å². The molecule has 15 aromatic rings. The van der Waals surface area contributed by atoms with Gasteiger partial charge in [0, 0.05) is 54.4 Å². The van der Waals surface area contributed by atoms with E-state index in [9.17, 15) is 0 Å². The summed E-state index contributed by atoms with van der Waals surface area (Å²) in [6, 6.07) is 72.7. The molecule has 15 rings (SSSR count). The molecule has 4 aromatic heterocycles. The number of hydrogen-bond acceptors (Lipinski definition) is 5. The van der Waals surface area contributed by atoms with Gasteiger partial charge in [0.05, 0.1) is 11.0 Å². The van der Waals surface area contributed by atoms with E-state index in [0.29, 0.717) is 17.6 Å². The highest BCUT2D eigenvalue weighted by Gasteiger charge is 2.25. The summed E-state index contributed by atoms with van der Waals surface area (Å²) in [4.78, 5) is 16.3. The summed E-state index contributed by atoms with van der Waals surface area (Å²) < 4.78 is 15.4. The van der Waals surface area contributed by atoms with Crippen LogP contribution in [0.25, 0.3) is 149 Å². The predicted molar refractivity (Wildman–Crippen MR) is 275 cm³/mol. The van der Waals surface area contributed by atoms with Crippen LogP contribution in [0, 0.1) is 0 Å². The Bertz CT molecular complexity index is 4590. The monoisotopic (exact) mass is 854 g/mol. The molecule has 0 unspecified atom stereocenters. The smallest absolute Gasteiger partial charge is 0.238 e. The van der Waals surface area contributed by atoms with Gasteiger partial charge in [-0.15, -0.1) is 0 Å². The number of para-hydroxylation sites is 2. The Labute approximate surface area is 381 Å². The van der Waals surface area contributed by atoms with Crippen LogP contribution in [0.4, 0.5) is 0 Å². The van der Waals surface area contributed by atoms with Crippen LogP contribution >= 0.6 is 0 Å². The van der Waals surface area contributed by atoms with Gasteiger partial charge in [0.2, 0.25) is 5.95 Å². The molecule has 0 spiro atoms. The van der Waals surface area contributed by atoms with E-state index in [1.165, 1.54) is 16.2 Å². The molecule has 310 valence electrons. The van der Waals surface area contributed by atoms with Crippen molar-refractivity contribution in [3.8, 4) is 39.9 Å². The molecule has 0 saturated heterocycles. The normalized spacial score (nSPS) is 12.2. The van der Waals surface area contributed by atoms with E-state index >= 15 is 0 Å². The molecule has 6 nitrogen and oxygen atoms in total. The zero-order valence-electron chi connectivity index (χ0n) is 35.7. The summed E-state index contributed by atoms with van der Waals surface area (Å²) in [5.41, 5.74) is 9.14. The molecule has 0 aliphatic rings. The van der Waals surface area contributed by atoms with Gasteiger partial charge in [0.1, 0.15) is 22.3 Å². The van der Waals surface area contributed by atoms with Gasteiger partial charge >= 0.3 is 0 Å². The molecule has 0 fully saturated rings. The molecular weight excluding hydrogens is 821 g/mol. The molecular formula is C61H34N4O2. The van der Waals surface area contributed by atoms with E-state index < -0.39 is 0 Å². The topological polar surface area (TPSA) is 69.9 Å². The summed E-state index contributed by atoms with van der Waals surface area (Å²) in [6.07, 6.45) is 0. The van der Waals surface area contributed by atoms with E-state index in [1.54, 1.807) is 0 Å². The fraction of sp³-hybridized carbons (Fsp3) is 0. The maximum atomic E-state index is 6.69. The minimum atomic E-state index is 0.516. The fourth-order valence-electron chi connectivity index (χ4n) is 10.8. The van der Waals surface area contributed by atoms with Crippen LogP contribution in [0.1, 0.15) is 0 Å². The Morgan fingerprint density at radius 2 is 0.866 bits per heavy atom. The van der Waals surface area contributed by atoms with Crippen LogP contribution in [0.5, 0.6) is 0 Å². The van der Waals surface area contributed by atoms with Crippen molar-refractivity contribution < 1.29 is 8.83 Å². The van der Waals surface area contributed by atoms with Gasteiger partial charge in [0.15, 0.2) is 11.6 Å². The highest BCUT2D eigenvalue weighted by Crippen LogP contribution is 2.46. The van der Waals surface area contributed by atoms with Gasteiger partial charge < -0.3 is 8.83 Å². The quantitative estimate of drug-likeness (QED) is 0.165. The first kappa shape index (κ1) is 36.2.